The third-order valence-electron chi connectivity index (χ3n) is 3.03. The van der Waals surface area contributed by atoms with Crippen molar-refractivity contribution in [1.29, 1.82) is 0 Å². The number of rotatable bonds is 6. The highest BCUT2D eigenvalue weighted by Gasteiger charge is 2.25. The van der Waals surface area contributed by atoms with E-state index in [1.54, 1.807) is 30.3 Å². The van der Waals surface area contributed by atoms with Gasteiger partial charge in [0.25, 0.3) is 10.0 Å². The lowest BCUT2D eigenvalue weighted by Crippen LogP contribution is -2.33. The fourth-order valence-electron chi connectivity index (χ4n) is 1.95. The fraction of sp³-hybridized carbons (Fsp3) is 0.133. The van der Waals surface area contributed by atoms with Crippen LogP contribution in [0, 0.1) is 0 Å². The molecule has 0 aliphatic heterocycles. The van der Waals surface area contributed by atoms with Gasteiger partial charge in [0.2, 0.25) is 0 Å². The topological polar surface area (TPSA) is 74.7 Å². The number of aliphatic carboxylic acids is 1. The number of benzene rings is 2. The lowest BCUT2D eigenvalue weighted by Gasteiger charge is -2.24. The van der Waals surface area contributed by atoms with Gasteiger partial charge in [0.15, 0.2) is 0 Å². The zero-order chi connectivity index (χ0) is 17.0. The number of sulfonamides is 1. The van der Waals surface area contributed by atoms with Crippen LogP contribution in [0.2, 0.25) is 5.02 Å². The molecule has 5 nitrogen and oxygen atoms in total. The summed E-state index contributed by atoms with van der Waals surface area (Å²) in [5.74, 6) is -1.08. The van der Waals surface area contributed by atoms with Crippen molar-refractivity contribution < 1.29 is 18.3 Å². The van der Waals surface area contributed by atoms with Gasteiger partial charge < -0.3 is 5.11 Å². The summed E-state index contributed by atoms with van der Waals surface area (Å²) in [5.41, 5.74) is 0.321. The van der Waals surface area contributed by atoms with Gasteiger partial charge in [-0.25, -0.2) is 8.42 Å². The molecule has 0 saturated carbocycles. The standard InChI is InChI=1S/C15H13BrClNO4S/c16-11-4-6-14(7-5-11)23(21,22)18(9-8-15(19)20)13-3-1-2-12(17)10-13/h1-7,10H,8-9H2,(H,19,20). The minimum atomic E-state index is -3.89. The van der Waals surface area contributed by atoms with Crippen LogP contribution in [0.25, 0.3) is 0 Å². The first-order valence-corrected chi connectivity index (χ1v) is 9.17. The minimum Gasteiger partial charge on any atom is -0.481 e. The van der Waals surface area contributed by atoms with Gasteiger partial charge >= 0.3 is 5.97 Å². The summed E-state index contributed by atoms with van der Waals surface area (Å²) in [7, 11) is -3.89. The van der Waals surface area contributed by atoms with E-state index < -0.39 is 16.0 Å². The van der Waals surface area contributed by atoms with Crippen LogP contribution < -0.4 is 4.31 Å². The molecule has 0 saturated heterocycles. The maximum Gasteiger partial charge on any atom is 0.305 e. The van der Waals surface area contributed by atoms with Crippen LogP contribution in [0.3, 0.4) is 0 Å². The highest BCUT2D eigenvalue weighted by molar-refractivity contribution is 9.10. The number of carbonyl (C=O) groups is 1. The average molecular weight is 419 g/mol. The normalized spacial score (nSPS) is 11.2. The highest BCUT2D eigenvalue weighted by atomic mass is 79.9. The predicted molar refractivity (Wildman–Crippen MR) is 92.4 cm³/mol. The summed E-state index contributed by atoms with van der Waals surface area (Å²) in [6, 6.07) is 12.4. The zero-order valence-electron chi connectivity index (χ0n) is 11.8. The van der Waals surface area contributed by atoms with Gasteiger partial charge in [0.1, 0.15) is 0 Å². The average Bonchev–Trinajstić information content (AvgIpc) is 2.47. The molecule has 8 heteroatoms. The first-order valence-electron chi connectivity index (χ1n) is 6.56. The second-order valence-electron chi connectivity index (χ2n) is 4.65. The molecule has 0 amide bonds. The number of anilines is 1. The second kappa shape index (κ2) is 7.33. The lowest BCUT2D eigenvalue weighted by atomic mass is 10.3. The largest absolute Gasteiger partial charge is 0.481 e. The molecule has 0 atom stereocenters. The molecule has 0 heterocycles. The second-order valence-corrected chi connectivity index (χ2v) is 7.87. The van der Waals surface area contributed by atoms with E-state index in [-0.39, 0.29) is 17.9 Å². The zero-order valence-corrected chi connectivity index (χ0v) is 15.0. The minimum absolute atomic E-state index is 0.0751. The molecule has 0 unspecified atom stereocenters. The van der Waals surface area contributed by atoms with Crippen LogP contribution in [0.4, 0.5) is 5.69 Å². The van der Waals surface area contributed by atoms with Crippen LogP contribution in [0.1, 0.15) is 6.42 Å². The van der Waals surface area contributed by atoms with E-state index in [4.69, 9.17) is 16.7 Å². The smallest absolute Gasteiger partial charge is 0.305 e. The third kappa shape index (κ3) is 4.46. The molecule has 0 aliphatic rings. The lowest BCUT2D eigenvalue weighted by molar-refractivity contribution is -0.136. The molecule has 2 rings (SSSR count). The maximum atomic E-state index is 12.8. The molecule has 0 fully saturated rings. The Hall–Kier alpha value is -1.57. The number of halogens is 2. The van der Waals surface area contributed by atoms with Crippen molar-refractivity contribution in [3.05, 3.63) is 58.0 Å². The van der Waals surface area contributed by atoms with E-state index in [2.05, 4.69) is 15.9 Å². The van der Waals surface area contributed by atoms with Crippen LogP contribution in [-0.4, -0.2) is 26.0 Å². The molecule has 2 aromatic rings. The van der Waals surface area contributed by atoms with Crippen LogP contribution >= 0.6 is 27.5 Å². The number of hydrogen-bond donors (Lipinski definition) is 1. The number of nitrogens with zero attached hydrogens (tertiary/aromatic N) is 1. The summed E-state index contributed by atoms with van der Waals surface area (Å²) < 4.78 is 27.5. The highest BCUT2D eigenvalue weighted by Crippen LogP contribution is 2.27. The molecular weight excluding hydrogens is 406 g/mol. The molecule has 0 aromatic heterocycles. The van der Waals surface area contributed by atoms with Gasteiger partial charge in [-0.15, -0.1) is 0 Å². The summed E-state index contributed by atoms with van der Waals surface area (Å²) in [5, 5.41) is 9.25. The van der Waals surface area contributed by atoms with E-state index in [1.165, 1.54) is 18.2 Å². The number of hydrogen-bond acceptors (Lipinski definition) is 3. The Balaban J connectivity index is 2.47. The first-order chi connectivity index (χ1) is 10.8. The molecule has 0 radical (unpaired) electrons. The quantitative estimate of drug-likeness (QED) is 0.775. The Kier molecular flexibility index (Phi) is 5.67. The van der Waals surface area contributed by atoms with Gasteiger partial charge in [-0.1, -0.05) is 33.6 Å². The Morgan fingerprint density at radius 2 is 1.83 bits per heavy atom. The van der Waals surface area contributed by atoms with Gasteiger partial charge in [-0.3, -0.25) is 9.10 Å². The maximum absolute atomic E-state index is 12.8. The summed E-state index contributed by atoms with van der Waals surface area (Å²) in [4.78, 5) is 10.9. The van der Waals surface area contributed by atoms with Gasteiger partial charge in [0.05, 0.1) is 17.0 Å². The van der Waals surface area contributed by atoms with Crippen LogP contribution in [0.5, 0.6) is 0 Å². The molecule has 0 aliphatic carbocycles. The van der Waals surface area contributed by atoms with Crippen molar-refractivity contribution in [3.63, 3.8) is 0 Å². The van der Waals surface area contributed by atoms with Crippen molar-refractivity contribution in [1.82, 2.24) is 0 Å². The van der Waals surface area contributed by atoms with E-state index in [9.17, 15) is 13.2 Å². The Morgan fingerprint density at radius 1 is 1.17 bits per heavy atom. The van der Waals surface area contributed by atoms with Crippen LogP contribution in [0.15, 0.2) is 57.9 Å². The van der Waals surface area contributed by atoms with Crippen molar-refractivity contribution in [2.75, 3.05) is 10.8 Å². The Morgan fingerprint density at radius 3 is 2.39 bits per heavy atom. The third-order valence-corrected chi connectivity index (χ3v) is 5.63. The van der Waals surface area contributed by atoms with Gasteiger partial charge in [0, 0.05) is 16.0 Å². The molecule has 0 bridgehead atoms. The molecule has 1 N–H and O–H groups in total. The molecular formula is C15H13BrClNO4S. The van der Waals surface area contributed by atoms with E-state index in [0.29, 0.717) is 10.7 Å². The number of carboxylic acid groups (broad SMARTS) is 1. The summed E-state index contributed by atoms with van der Waals surface area (Å²) in [6.07, 6.45) is -0.317. The van der Waals surface area contributed by atoms with Crippen molar-refractivity contribution in [3.8, 4) is 0 Å². The van der Waals surface area contributed by atoms with E-state index >= 15 is 0 Å². The van der Waals surface area contributed by atoms with Crippen molar-refractivity contribution in [2.45, 2.75) is 11.3 Å². The van der Waals surface area contributed by atoms with Crippen molar-refractivity contribution in [2.24, 2.45) is 0 Å². The SMILES string of the molecule is O=C(O)CCN(c1cccc(Cl)c1)S(=O)(=O)c1ccc(Br)cc1. The van der Waals surface area contributed by atoms with Gasteiger partial charge in [-0.05, 0) is 42.5 Å². The Bertz CT molecular complexity index is 808. The van der Waals surface area contributed by atoms with E-state index in [0.717, 1.165) is 8.78 Å². The summed E-state index contributed by atoms with van der Waals surface area (Å²) >= 11 is 9.17. The molecule has 0 spiro atoms. The molecule has 23 heavy (non-hydrogen) atoms. The Labute approximate surface area is 147 Å². The molecule has 122 valence electrons. The van der Waals surface area contributed by atoms with Gasteiger partial charge in [-0.2, -0.15) is 0 Å². The monoisotopic (exact) mass is 417 g/mol. The number of carboxylic acids is 1. The van der Waals surface area contributed by atoms with E-state index in [1.807, 2.05) is 0 Å². The summed E-state index contributed by atoms with van der Waals surface area (Å²) in [6.45, 7) is -0.186. The fourth-order valence-corrected chi connectivity index (χ4v) is 3.86. The predicted octanol–water partition coefficient (Wildman–Crippen LogP) is 3.77. The molecule has 2 aromatic carbocycles. The first kappa shape index (κ1) is 17.8. The van der Waals surface area contributed by atoms with Crippen LogP contribution in [-0.2, 0) is 14.8 Å². The van der Waals surface area contributed by atoms with Crippen molar-refractivity contribution >= 4 is 49.2 Å².